The smallest absolute Gasteiger partial charge is 0.0366 e. The zero-order valence-electron chi connectivity index (χ0n) is 14.3. The highest BCUT2D eigenvalue weighted by Crippen LogP contribution is 2.37. The molecule has 1 saturated carbocycles. The van der Waals surface area contributed by atoms with Gasteiger partial charge in [-0.1, -0.05) is 45.2 Å². The molecule has 0 aliphatic heterocycles. The molecule has 0 saturated heterocycles. The van der Waals surface area contributed by atoms with Crippen LogP contribution in [0.3, 0.4) is 0 Å². The van der Waals surface area contributed by atoms with Gasteiger partial charge in [-0.2, -0.15) is 0 Å². The number of nitrogens with one attached hydrogen (secondary N) is 1. The van der Waals surface area contributed by atoms with Crippen LogP contribution in [0, 0.1) is 12.3 Å². The molecule has 1 fully saturated rings. The second kappa shape index (κ2) is 7.31. The Hall–Kier alpha value is -1.02. The van der Waals surface area contributed by atoms with Crippen molar-refractivity contribution in [3.8, 4) is 0 Å². The van der Waals surface area contributed by atoms with Gasteiger partial charge < -0.3 is 10.2 Å². The van der Waals surface area contributed by atoms with Crippen LogP contribution in [-0.4, -0.2) is 26.2 Å². The number of rotatable bonds is 6. The molecule has 2 rings (SSSR count). The van der Waals surface area contributed by atoms with Crippen molar-refractivity contribution >= 4 is 5.69 Å². The van der Waals surface area contributed by atoms with Crippen molar-refractivity contribution in [3.05, 3.63) is 29.8 Å². The fourth-order valence-electron chi connectivity index (χ4n) is 3.57. The highest BCUT2D eigenvalue weighted by atomic mass is 15.1. The Morgan fingerprint density at radius 3 is 2.52 bits per heavy atom. The number of hydrogen-bond acceptors (Lipinski definition) is 2. The Labute approximate surface area is 130 Å². The van der Waals surface area contributed by atoms with E-state index < -0.39 is 0 Å². The topological polar surface area (TPSA) is 15.3 Å². The lowest BCUT2D eigenvalue weighted by atomic mass is 9.73. The van der Waals surface area contributed by atoms with Gasteiger partial charge in [0.2, 0.25) is 0 Å². The van der Waals surface area contributed by atoms with Gasteiger partial charge in [0.1, 0.15) is 0 Å². The van der Waals surface area contributed by atoms with Crippen LogP contribution in [0.2, 0.25) is 0 Å². The molecular weight excluding hydrogens is 256 g/mol. The van der Waals surface area contributed by atoms with Crippen LogP contribution in [-0.2, 0) is 0 Å². The second-order valence-corrected chi connectivity index (χ2v) is 7.29. The maximum Gasteiger partial charge on any atom is 0.0366 e. The molecule has 0 amide bonds. The molecule has 118 valence electrons. The molecule has 0 radical (unpaired) electrons. The Morgan fingerprint density at radius 1 is 1.19 bits per heavy atom. The Balaban J connectivity index is 2.06. The SMILES string of the molecule is Cc1cccc(N(C)CC2(CNC(C)C)CCCCC2)c1. The molecule has 2 heteroatoms. The lowest BCUT2D eigenvalue weighted by molar-refractivity contribution is 0.185. The first kappa shape index (κ1) is 16.4. The summed E-state index contributed by atoms with van der Waals surface area (Å²) in [5.74, 6) is 0. The van der Waals surface area contributed by atoms with Crippen molar-refractivity contribution in [1.82, 2.24) is 5.32 Å². The monoisotopic (exact) mass is 288 g/mol. The third kappa shape index (κ3) is 4.74. The summed E-state index contributed by atoms with van der Waals surface area (Å²) in [5, 5.41) is 3.70. The molecule has 1 N–H and O–H groups in total. The Bertz CT molecular complexity index is 433. The van der Waals surface area contributed by atoms with Gasteiger partial charge in [-0.3, -0.25) is 0 Å². The number of hydrogen-bond donors (Lipinski definition) is 1. The van der Waals surface area contributed by atoms with Crippen LogP contribution in [0.15, 0.2) is 24.3 Å². The summed E-state index contributed by atoms with van der Waals surface area (Å²) in [7, 11) is 2.25. The number of benzene rings is 1. The van der Waals surface area contributed by atoms with Crippen LogP contribution < -0.4 is 10.2 Å². The molecule has 1 aliphatic carbocycles. The molecule has 0 heterocycles. The average molecular weight is 288 g/mol. The second-order valence-electron chi connectivity index (χ2n) is 7.29. The standard InChI is InChI=1S/C19H32N2/c1-16(2)20-14-19(11-6-5-7-12-19)15-21(4)18-10-8-9-17(3)13-18/h8-10,13,16,20H,5-7,11-12,14-15H2,1-4H3. The van der Waals surface area contributed by atoms with Gasteiger partial charge in [0.05, 0.1) is 0 Å². The lowest BCUT2D eigenvalue weighted by Gasteiger charge is -2.41. The normalized spacial score (nSPS) is 18.0. The van der Waals surface area contributed by atoms with E-state index in [0.29, 0.717) is 11.5 Å². The minimum atomic E-state index is 0.445. The van der Waals surface area contributed by atoms with Gasteiger partial charge in [-0.15, -0.1) is 0 Å². The summed E-state index contributed by atoms with van der Waals surface area (Å²) in [4.78, 5) is 2.46. The Morgan fingerprint density at radius 2 is 1.90 bits per heavy atom. The largest absolute Gasteiger partial charge is 0.374 e. The van der Waals surface area contributed by atoms with Crippen molar-refractivity contribution in [1.29, 1.82) is 0 Å². The summed E-state index contributed by atoms with van der Waals surface area (Å²) < 4.78 is 0. The summed E-state index contributed by atoms with van der Waals surface area (Å²) in [6, 6.07) is 9.45. The highest BCUT2D eigenvalue weighted by molar-refractivity contribution is 5.47. The van der Waals surface area contributed by atoms with E-state index in [4.69, 9.17) is 0 Å². The van der Waals surface area contributed by atoms with Crippen molar-refractivity contribution in [3.63, 3.8) is 0 Å². The van der Waals surface area contributed by atoms with Crippen molar-refractivity contribution in [2.75, 3.05) is 25.0 Å². The van der Waals surface area contributed by atoms with E-state index in [2.05, 4.69) is 62.3 Å². The minimum Gasteiger partial charge on any atom is -0.374 e. The molecule has 0 bridgehead atoms. The number of nitrogens with zero attached hydrogens (tertiary/aromatic N) is 1. The van der Waals surface area contributed by atoms with Crippen molar-refractivity contribution < 1.29 is 0 Å². The predicted molar refractivity (Wildman–Crippen MR) is 93.1 cm³/mol. The molecule has 0 spiro atoms. The van der Waals surface area contributed by atoms with Gasteiger partial charge in [-0.05, 0) is 37.5 Å². The first-order valence-electron chi connectivity index (χ1n) is 8.52. The van der Waals surface area contributed by atoms with Crippen LogP contribution in [0.25, 0.3) is 0 Å². The van der Waals surface area contributed by atoms with Gasteiger partial charge in [-0.25, -0.2) is 0 Å². The van der Waals surface area contributed by atoms with Crippen LogP contribution in [0.5, 0.6) is 0 Å². The van der Waals surface area contributed by atoms with E-state index in [1.165, 1.54) is 43.4 Å². The molecule has 1 aliphatic rings. The van der Waals surface area contributed by atoms with Gasteiger partial charge >= 0.3 is 0 Å². The van der Waals surface area contributed by atoms with Crippen molar-refractivity contribution in [2.45, 2.75) is 58.9 Å². The molecule has 1 aromatic carbocycles. The molecule has 1 aromatic rings. The van der Waals surface area contributed by atoms with Gasteiger partial charge in [0, 0.05) is 37.3 Å². The third-order valence-electron chi connectivity index (χ3n) is 4.81. The molecule has 0 unspecified atom stereocenters. The van der Waals surface area contributed by atoms with E-state index in [0.717, 1.165) is 13.1 Å². The molecule has 21 heavy (non-hydrogen) atoms. The van der Waals surface area contributed by atoms with E-state index >= 15 is 0 Å². The van der Waals surface area contributed by atoms with Gasteiger partial charge in [0.25, 0.3) is 0 Å². The highest BCUT2D eigenvalue weighted by Gasteiger charge is 2.33. The maximum atomic E-state index is 3.70. The predicted octanol–water partition coefficient (Wildman–Crippen LogP) is 4.38. The summed E-state index contributed by atoms with van der Waals surface area (Å²) in [5.41, 5.74) is 3.14. The van der Waals surface area contributed by atoms with Crippen LogP contribution in [0.4, 0.5) is 5.69 Å². The van der Waals surface area contributed by atoms with Crippen LogP contribution in [0.1, 0.15) is 51.5 Å². The fourth-order valence-corrected chi connectivity index (χ4v) is 3.57. The first-order valence-corrected chi connectivity index (χ1v) is 8.52. The molecule has 0 atom stereocenters. The van der Waals surface area contributed by atoms with E-state index in [1.54, 1.807) is 0 Å². The molecule has 0 aromatic heterocycles. The zero-order chi connectivity index (χ0) is 15.3. The quantitative estimate of drug-likeness (QED) is 0.835. The fraction of sp³-hybridized carbons (Fsp3) is 0.684. The summed E-state index contributed by atoms with van der Waals surface area (Å²) >= 11 is 0. The third-order valence-corrected chi connectivity index (χ3v) is 4.81. The Kier molecular flexibility index (Phi) is 5.69. The van der Waals surface area contributed by atoms with Crippen LogP contribution >= 0.6 is 0 Å². The van der Waals surface area contributed by atoms with Gasteiger partial charge in [0.15, 0.2) is 0 Å². The lowest BCUT2D eigenvalue weighted by Crippen LogP contribution is -2.46. The number of aryl methyl sites for hydroxylation is 1. The molecule has 2 nitrogen and oxygen atoms in total. The minimum absolute atomic E-state index is 0.445. The maximum absolute atomic E-state index is 3.70. The average Bonchev–Trinajstić information content (AvgIpc) is 2.46. The van der Waals surface area contributed by atoms with E-state index in [9.17, 15) is 0 Å². The number of anilines is 1. The van der Waals surface area contributed by atoms with E-state index in [-0.39, 0.29) is 0 Å². The summed E-state index contributed by atoms with van der Waals surface area (Å²) in [6.07, 6.45) is 6.92. The zero-order valence-corrected chi connectivity index (χ0v) is 14.3. The molecular formula is C19H32N2. The van der Waals surface area contributed by atoms with E-state index in [1.807, 2.05) is 0 Å². The van der Waals surface area contributed by atoms with Crippen molar-refractivity contribution in [2.24, 2.45) is 5.41 Å². The summed E-state index contributed by atoms with van der Waals surface area (Å²) in [6.45, 7) is 8.99. The first-order chi connectivity index (χ1) is 10.0.